The summed E-state index contributed by atoms with van der Waals surface area (Å²) in [7, 11) is 4.44. The molecule has 3 aromatic rings. The lowest BCUT2D eigenvalue weighted by molar-refractivity contribution is 0.102. The maximum Gasteiger partial charge on any atom is 0.257 e. The fourth-order valence-corrected chi connectivity index (χ4v) is 2.66. The molecule has 0 atom stereocenters. The van der Waals surface area contributed by atoms with Crippen LogP contribution in [0.3, 0.4) is 0 Å². The number of ether oxygens (including phenoxy) is 3. The van der Waals surface area contributed by atoms with Gasteiger partial charge in [0, 0.05) is 5.56 Å². The minimum Gasteiger partial charge on any atom is -0.493 e. The van der Waals surface area contributed by atoms with Crippen LogP contribution in [-0.4, -0.2) is 32.2 Å². The van der Waals surface area contributed by atoms with Crippen molar-refractivity contribution in [3.63, 3.8) is 0 Å². The molecule has 0 bridgehead atoms. The molecule has 8 heteroatoms. The average Bonchev–Trinajstić information content (AvgIpc) is 2.75. The standard InChI is InChI=1S/C21H20FN3O4/c1-27-17-10-13(11-18(28-2)20(17)29-3)21(26)25-19-9-8-14(12-23-19)24-16-7-5-4-6-15(16)22/h4-12,24H,1-3H3,(H,23,25,26). The van der Waals surface area contributed by atoms with Crippen LogP contribution in [-0.2, 0) is 0 Å². The number of pyridine rings is 1. The number of aromatic nitrogens is 1. The molecule has 7 nitrogen and oxygen atoms in total. The molecule has 0 saturated carbocycles. The van der Waals surface area contributed by atoms with Crippen molar-refractivity contribution < 1.29 is 23.4 Å². The molecule has 0 fully saturated rings. The molecule has 0 unspecified atom stereocenters. The van der Waals surface area contributed by atoms with Crippen molar-refractivity contribution >= 4 is 23.1 Å². The molecule has 0 aliphatic heterocycles. The van der Waals surface area contributed by atoms with Gasteiger partial charge in [-0.05, 0) is 36.4 Å². The van der Waals surface area contributed by atoms with Gasteiger partial charge in [0.05, 0.1) is 38.9 Å². The zero-order chi connectivity index (χ0) is 20.8. The summed E-state index contributed by atoms with van der Waals surface area (Å²) in [6.07, 6.45) is 1.50. The third-order valence-electron chi connectivity index (χ3n) is 4.08. The van der Waals surface area contributed by atoms with E-state index in [0.717, 1.165) is 0 Å². The first-order chi connectivity index (χ1) is 14.0. The predicted octanol–water partition coefficient (Wildman–Crippen LogP) is 4.24. The molecule has 3 rings (SSSR count). The van der Waals surface area contributed by atoms with Crippen LogP contribution in [0.25, 0.3) is 0 Å². The Morgan fingerprint density at radius 1 is 0.966 bits per heavy atom. The Hall–Kier alpha value is -3.81. The maximum atomic E-state index is 13.7. The molecular weight excluding hydrogens is 377 g/mol. The minimum absolute atomic E-state index is 0.315. The summed E-state index contributed by atoms with van der Waals surface area (Å²) in [6, 6.07) is 12.7. The van der Waals surface area contributed by atoms with E-state index in [2.05, 4.69) is 15.6 Å². The largest absolute Gasteiger partial charge is 0.493 e. The van der Waals surface area contributed by atoms with Gasteiger partial charge < -0.3 is 24.8 Å². The summed E-state index contributed by atoms with van der Waals surface area (Å²) in [5.41, 5.74) is 1.24. The van der Waals surface area contributed by atoms with Crippen molar-refractivity contribution in [1.29, 1.82) is 0 Å². The number of hydrogen-bond acceptors (Lipinski definition) is 6. The van der Waals surface area contributed by atoms with E-state index in [4.69, 9.17) is 14.2 Å². The molecule has 1 aromatic heterocycles. The third kappa shape index (κ3) is 4.55. The first kappa shape index (κ1) is 19.9. The zero-order valence-electron chi connectivity index (χ0n) is 16.2. The van der Waals surface area contributed by atoms with E-state index >= 15 is 0 Å². The second kappa shape index (κ2) is 8.92. The zero-order valence-corrected chi connectivity index (χ0v) is 16.2. The van der Waals surface area contributed by atoms with Crippen molar-refractivity contribution in [3.05, 3.63) is 66.1 Å². The van der Waals surface area contributed by atoms with Crippen LogP contribution in [0.2, 0.25) is 0 Å². The number of halogens is 1. The number of rotatable bonds is 7. The summed E-state index contributed by atoms with van der Waals surface area (Å²) in [4.78, 5) is 16.8. The monoisotopic (exact) mass is 397 g/mol. The van der Waals surface area contributed by atoms with Crippen molar-refractivity contribution in [1.82, 2.24) is 4.98 Å². The SMILES string of the molecule is COc1cc(C(=O)Nc2ccc(Nc3ccccc3F)cn2)cc(OC)c1OC. The van der Waals surface area contributed by atoms with Crippen molar-refractivity contribution in [2.45, 2.75) is 0 Å². The molecule has 1 heterocycles. The van der Waals surface area contributed by atoms with E-state index < -0.39 is 5.91 Å². The highest BCUT2D eigenvalue weighted by Crippen LogP contribution is 2.38. The lowest BCUT2D eigenvalue weighted by Crippen LogP contribution is -2.13. The number of para-hydroxylation sites is 1. The van der Waals surface area contributed by atoms with Crippen molar-refractivity contribution in [2.75, 3.05) is 32.0 Å². The summed E-state index contributed by atoms with van der Waals surface area (Å²) >= 11 is 0. The van der Waals surface area contributed by atoms with Crippen LogP contribution in [0.1, 0.15) is 10.4 Å². The number of nitrogens with zero attached hydrogens (tertiary/aromatic N) is 1. The summed E-state index contributed by atoms with van der Waals surface area (Å²) in [5, 5.41) is 5.63. The minimum atomic E-state index is -0.397. The highest BCUT2D eigenvalue weighted by Gasteiger charge is 2.17. The second-order valence-corrected chi connectivity index (χ2v) is 5.91. The summed E-state index contributed by atoms with van der Waals surface area (Å²) in [5.74, 6) is 0.707. The Bertz CT molecular complexity index is 984. The number of anilines is 3. The van der Waals surface area contributed by atoms with Gasteiger partial charge in [-0.25, -0.2) is 9.37 Å². The van der Waals surface area contributed by atoms with Crippen molar-refractivity contribution in [2.24, 2.45) is 0 Å². The molecule has 2 aromatic carbocycles. The second-order valence-electron chi connectivity index (χ2n) is 5.91. The lowest BCUT2D eigenvalue weighted by Gasteiger charge is -2.14. The van der Waals surface area contributed by atoms with Gasteiger partial charge >= 0.3 is 0 Å². The van der Waals surface area contributed by atoms with Gasteiger partial charge in [-0.15, -0.1) is 0 Å². The molecular formula is C21H20FN3O4. The molecule has 1 amide bonds. The molecule has 0 radical (unpaired) electrons. The fraction of sp³-hybridized carbons (Fsp3) is 0.143. The Kier molecular flexibility index (Phi) is 6.13. The topological polar surface area (TPSA) is 81.7 Å². The fourth-order valence-electron chi connectivity index (χ4n) is 2.66. The molecule has 0 aliphatic rings. The maximum absolute atomic E-state index is 13.7. The normalized spacial score (nSPS) is 10.2. The van der Waals surface area contributed by atoms with E-state index in [1.54, 1.807) is 42.5 Å². The van der Waals surface area contributed by atoms with Gasteiger partial charge in [-0.1, -0.05) is 12.1 Å². The molecule has 150 valence electrons. The lowest BCUT2D eigenvalue weighted by atomic mass is 10.1. The van der Waals surface area contributed by atoms with Gasteiger partial charge in [0.15, 0.2) is 11.5 Å². The van der Waals surface area contributed by atoms with Crippen LogP contribution in [0.5, 0.6) is 17.2 Å². The van der Waals surface area contributed by atoms with Crippen LogP contribution >= 0.6 is 0 Å². The summed E-state index contributed by atoms with van der Waals surface area (Å²) in [6.45, 7) is 0. The van der Waals surface area contributed by atoms with Crippen LogP contribution in [0.15, 0.2) is 54.7 Å². The number of carbonyl (C=O) groups excluding carboxylic acids is 1. The number of hydrogen-bond donors (Lipinski definition) is 2. The van der Waals surface area contributed by atoms with Crippen LogP contribution in [0.4, 0.5) is 21.6 Å². The van der Waals surface area contributed by atoms with E-state index in [-0.39, 0.29) is 5.82 Å². The predicted molar refractivity (Wildman–Crippen MR) is 108 cm³/mol. The Morgan fingerprint density at radius 3 is 2.21 bits per heavy atom. The Morgan fingerprint density at radius 2 is 1.66 bits per heavy atom. The highest BCUT2D eigenvalue weighted by molar-refractivity contribution is 6.04. The van der Waals surface area contributed by atoms with Crippen LogP contribution < -0.4 is 24.8 Å². The van der Waals surface area contributed by atoms with Gasteiger partial charge in [-0.2, -0.15) is 0 Å². The van der Waals surface area contributed by atoms with E-state index in [1.807, 2.05) is 0 Å². The summed E-state index contributed by atoms with van der Waals surface area (Å²) < 4.78 is 29.5. The first-order valence-corrected chi connectivity index (χ1v) is 8.64. The van der Waals surface area contributed by atoms with Gasteiger partial charge in [0.25, 0.3) is 5.91 Å². The quantitative estimate of drug-likeness (QED) is 0.621. The molecule has 0 spiro atoms. The number of carbonyl (C=O) groups is 1. The molecule has 2 N–H and O–H groups in total. The van der Waals surface area contributed by atoms with Gasteiger partial charge in [0.1, 0.15) is 11.6 Å². The number of benzene rings is 2. The molecule has 29 heavy (non-hydrogen) atoms. The smallest absolute Gasteiger partial charge is 0.257 e. The van der Waals surface area contributed by atoms with Gasteiger partial charge in [-0.3, -0.25) is 4.79 Å². The average molecular weight is 397 g/mol. The first-order valence-electron chi connectivity index (χ1n) is 8.64. The highest BCUT2D eigenvalue weighted by atomic mass is 19.1. The van der Waals surface area contributed by atoms with E-state index in [9.17, 15) is 9.18 Å². The molecule has 0 aliphatic carbocycles. The number of methoxy groups -OCH3 is 3. The number of amides is 1. The Labute approximate surface area is 167 Å². The Balaban J connectivity index is 1.75. The third-order valence-corrected chi connectivity index (χ3v) is 4.08. The van der Waals surface area contributed by atoms with Crippen LogP contribution in [0, 0.1) is 5.82 Å². The van der Waals surface area contributed by atoms with Gasteiger partial charge in [0.2, 0.25) is 5.75 Å². The van der Waals surface area contributed by atoms with Crippen molar-refractivity contribution in [3.8, 4) is 17.2 Å². The van der Waals surface area contributed by atoms with E-state index in [0.29, 0.717) is 40.0 Å². The van der Waals surface area contributed by atoms with E-state index in [1.165, 1.54) is 33.6 Å². The number of nitrogens with one attached hydrogen (secondary N) is 2. The molecule has 0 saturated heterocycles.